The molecule has 1 fully saturated rings. The number of hydrogen-bond acceptors (Lipinski definition) is 2. The van der Waals surface area contributed by atoms with Gasteiger partial charge in [0.1, 0.15) is 11.6 Å². The van der Waals surface area contributed by atoms with Gasteiger partial charge in [0.2, 0.25) is 0 Å². The maximum Gasteiger partial charge on any atom is 0.186 e. The molecule has 0 aliphatic carbocycles. The van der Waals surface area contributed by atoms with Crippen molar-refractivity contribution in [3.8, 4) is 0 Å². The van der Waals surface area contributed by atoms with Crippen LogP contribution in [-0.4, -0.2) is 13.2 Å². The van der Waals surface area contributed by atoms with Gasteiger partial charge in [-0.25, -0.2) is 8.78 Å². The molecule has 1 heterocycles. The molecule has 2 rings (SSSR count). The maximum absolute atomic E-state index is 13.1. The lowest BCUT2D eigenvalue weighted by Gasteiger charge is -2.09. The van der Waals surface area contributed by atoms with Crippen LogP contribution in [0.15, 0.2) is 18.2 Å². The lowest BCUT2D eigenvalue weighted by atomic mass is 10.2. The summed E-state index contributed by atoms with van der Waals surface area (Å²) in [5.41, 5.74) is 0.249. The summed E-state index contributed by atoms with van der Waals surface area (Å²) >= 11 is 0. The molecule has 13 heavy (non-hydrogen) atoms. The topological polar surface area (TPSA) is 18.5 Å². The van der Waals surface area contributed by atoms with E-state index in [2.05, 4.69) is 0 Å². The van der Waals surface area contributed by atoms with Gasteiger partial charge in [-0.15, -0.1) is 0 Å². The van der Waals surface area contributed by atoms with E-state index in [0.717, 1.165) is 6.07 Å². The summed E-state index contributed by atoms with van der Waals surface area (Å²) in [6.07, 6.45) is -0.680. The Kier molecular flexibility index (Phi) is 2.24. The third kappa shape index (κ3) is 1.68. The van der Waals surface area contributed by atoms with E-state index in [9.17, 15) is 8.78 Å². The second-order valence-electron chi connectivity index (χ2n) is 2.74. The number of ether oxygens (including phenoxy) is 2. The van der Waals surface area contributed by atoms with Crippen LogP contribution in [0.25, 0.3) is 0 Å². The summed E-state index contributed by atoms with van der Waals surface area (Å²) in [7, 11) is 0. The van der Waals surface area contributed by atoms with E-state index in [-0.39, 0.29) is 5.56 Å². The van der Waals surface area contributed by atoms with Gasteiger partial charge >= 0.3 is 0 Å². The van der Waals surface area contributed by atoms with Crippen molar-refractivity contribution in [3.05, 3.63) is 35.4 Å². The maximum atomic E-state index is 13.1. The van der Waals surface area contributed by atoms with Crippen LogP contribution in [0, 0.1) is 11.6 Å². The first-order valence-electron chi connectivity index (χ1n) is 3.95. The van der Waals surface area contributed by atoms with Gasteiger partial charge in [-0.3, -0.25) is 0 Å². The standard InChI is InChI=1S/C9H8F2O2/c10-6-1-2-7(8(11)5-6)9-12-3-4-13-9/h1-2,5,9H,3-4H2. The van der Waals surface area contributed by atoms with Crippen LogP contribution in [0.3, 0.4) is 0 Å². The van der Waals surface area contributed by atoms with Gasteiger partial charge < -0.3 is 9.47 Å². The third-order valence-corrected chi connectivity index (χ3v) is 1.84. The molecule has 1 aliphatic rings. The minimum absolute atomic E-state index is 0.249. The molecule has 0 saturated carbocycles. The van der Waals surface area contributed by atoms with Crippen molar-refractivity contribution >= 4 is 0 Å². The van der Waals surface area contributed by atoms with E-state index < -0.39 is 17.9 Å². The summed E-state index contributed by atoms with van der Waals surface area (Å²) in [4.78, 5) is 0. The molecule has 0 N–H and O–H groups in total. The fraction of sp³-hybridized carbons (Fsp3) is 0.333. The Morgan fingerprint density at radius 1 is 1.15 bits per heavy atom. The predicted molar refractivity (Wildman–Crippen MR) is 41.0 cm³/mol. The van der Waals surface area contributed by atoms with Gasteiger partial charge in [0.05, 0.1) is 13.2 Å². The normalized spacial score (nSPS) is 18.0. The zero-order chi connectivity index (χ0) is 9.26. The molecule has 1 saturated heterocycles. The monoisotopic (exact) mass is 186 g/mol. The molecule has 4 heteroatoms. The van der Waals surface area contributed by atoms with E-state index >= 15 is 0 Å². The van der Waals surface area contributed by atoms with Crippen LogP contribution < -0.4 is 0 Å². The van der Waals surface area contributed by atoms with Crippen LogP contribution in [0.2, 0.25) is 0 Å². The molecule has 1 aromatic rings. The molecule has 0 bridgehead atoms. The lowest BCUT2D eigenvalue weighted by molar-refractivity contribution is -0.0465. The second kappa shape index (κ2) is 3.40. The first-order chi connectivity index (χ1) is 6.27. The number of benzene rings is 1. The highest BCUT2D eigenvalue weighted by Crippen LogP contribution is 2.25. The lowest BCUT2D eigenvalue weighted by Crippen LogP contribution is -2.01. The van der Waals surface area contributed by atoms with Crippen molar-refractivity contribution in [2.24, 2.45) is 0 Å². The van der Waals surface area contributed by atoms with Crippen molar-refractivity contribution < 1.29 is 18.3 Å². The first kappa shape index (κ1) is 8.59. The fourth-order valence-electron chi connectivity index (χ4n) is 1.23. The quantitative estimate of drug-likeness (QED) is 0.667. The SMILES string of the molecule is Fc1ccc(C2OCCO2)c(F)c1. The molecule has 0 spiro atoms. The summed E-state index contributed by atoms with van der Waals surface area (Å²) in [5, 5.41) is 0. The minimum atomic E-state index is -0.680. The average Bonchev–Trinajstić information content (AvgIpc) is 2.56. The highest BCUT2D eigenvalue weighted by atomic mass is 19.1. The molecule has 1 aliphatic heterocycles. The van der Waals surface area contributed by atoms with Crippen LogP contribution >= 0.6 is 0 Å². The summed E-state index contributed by atoms with van der Waals surface area (Å²) in [5.74, 6) is -1.23. The highest BCUT2D eigenvalue weighted by molar-refractivity contribution is 5.20. The molecule has 0 unspecified atom stereocenters. The number of rotatable bonds is 1. The van der Waals surface area contributed by atoms with E-state index in [0.29, 0.717) is 13.2 Å². The second-order valence-corrected chi connectivity index (χ2v) is 2.74. The van der Waals surface area contributed by atoms with Crippen molar-refractivity contribution in [1.29, 1.82) is 0 Å². The van der Waals surface area contributed by atoms with E-state index in [1.54, 1.807) is 0 Å². The predicted octanol–water partition coefficient (Wildman–Crippen LogP) is 2.01. The molecule has 2 nitrogen and oxygen atoms in total. The summed E-state index contributed by atoms with van der Waals surface area (Å²) in [6, 6.07) is 3.34. The van der Waals surface area contributed by atoms with Gasteiger partial charge in [0.25, 0.3) is 0 Å². The van der Waals surface area contributed by atoms with Gasteiger partial charge in [0, 0.05) is 11.6 Å². The van der Waals surface area contributed by atoms with Gasteiger partial charge in [-0.2, -0.15) is 0 Å². The Bertz CT molecular complexity index is 308. The van der Waals surface area contributed by atoms with Crippen molar-refractivity contribution in [1.82, 2.24) is 0 Å². The van der Waals surface area contributed by atoms with Crippen molar-refractivity contribution in [3.63, 3.8) is 0 Å². The molecule has 0 amide bonds. The molecule has 1 aromatic carbocycles. The first-order valence-corrected chi connectivity index (χ1v) is 3.95. The van der Waals surface area contributed by atoms with Crippen LogP contribution in [0.1, 0.15) is 11.9 Å². The Balaban J connectivity index is 2.29. The average molecular weight is 186 g/mol. The molecular formula is C9H8F2O2. The molecule has 0 radical (unpaired) electrons. The van der Waals surface area contributed by atoms with Crippen LogP contribution in [0.5, 0.6) is 0 Å². The van der Waals surface area contributed by atoms with Crippen LogP contribution in [0.4, 0.5) is 8.78 Å². The van der Waals surface area contributed by atoms with E-state index in [4.69, 9.17) is 9.47 Å². The zero-order valence-corrected chi connectivity index (χ0v) is 6.80. The molecule has 0 atom stereocenters. The summed E-state index contributed by atoms with van der Waals surface area (Å²) < 4.78 is 35.8. The zero-order valence-electron chi connectivity index (χ0n) is 6.80. The number of halogens is 2. The Morgan fingerprint density at radius 3 is 2.46 bits per heavy atom. The Labute approximate surface area is 74.1 Å². The Hall–Kier alpha value is -1.00. The van der Waals surface area contributed by atoms with Gasteiger partial charge in [-0.1, -0.05) is 0 Å². The van der Waals surface area contributed by atoms with E-state index in [1.807, 2.05) is 0 Å². The molecule has 70 valence electrons. The highest BCUT2D eigenvalue weighted by Gasteiger charge is 2.21. The number of hydrogen-bond donors (Lipinski definition) is 0. The fourth-order valence-corrected chi connectivity index (χ4v) is 1.23. The van der Waals surface area contributed by atoms with Crippen molar-refractivity contribution in [2.75, 3.05) is 13.2 Å². The molecular weight excluding hydrogens is 178 g/mol. The largest absolute Gasteiger partial charge is 0.346 e. The van der Waals surface area contributed by atoms with Crippen LogP contribution in [-0.2, 0) is 9.47 Å². The summed E-state index contributed by atoms with van der Waals surface area (Å²) in [6.45, 7) is 0.892. The smallest absolute Gasteiger partial charge is 0.186 e. The third-order valence-electron chi connectivity index (χ3n) is 1.84. The van der Waals surface area contributed by atoms with E-state index in [1.165, 1.54) is 12.1 Å². The Morgan fingerprint density at radius 2 is 1.85 bits per heavy atom. The molecule has 0 aromatic heterocycles. The van der Waals surface area contributed by atoms with Gasteiger partial charge in [-0.05, 0) is 12.1 Å². The minimum Gasteiger partial charge on any atom is -0.346 e. The van der Waals surface area contributed by atoms with Gasteiger partial charge in [0.15, 0.2) is 6.29 Å². The van der Waals surface area contributed by atoms with Crippen molar-refractivity contribution in [2.45, 2.75) is 6.29 Å².